The summed E-state index contributed by atoms with van der Waals surface area (Å²) >= 11 is 3.35. The second-order valence-corrected chi connectivity index (χ2v) is 6.82. The Bertz CT molecular complexity index is 1050. The van der Waals surface area contributed by atoms with Crippen LogP contribution in [-0.4, -0.2) is 23.1 Å². The van der Waals surface area contributed by atoms with Crippen LogP contribution < -0.4 is 11.1 Å². The average molecular weight is 433 g/mol. The smallest absolute Gasteiger partial charge is 0.419 e. The molecule has 0 spiro atoms. The van der Waals surface area contributed by atoms with Gasteiger partial charge in [-0.3, -0.25) is 14.2 Å². The van der Waals surface area contributed by atoms with Gasteiger partial charge in [-0.2, -0.15) is 0 Å². The lowest BCUT2D eigenvalue weighted by atomic mass is 10.2. The maximum absolute atomic E-state index is 11.9. The highest BCUT2D eigenvalue weighted by atomic mass is 79.9. The van der Waals surface area contributed by atoms with Gasteiger partial charge in [0.05, 0.1) is 11.9 Å². The molecule has 7 nitrogen and oxygen atoms in total. The maximum Gasteiger partial charge on any atom is 0.419 e. The number of carbonyl (C=O) groups excluding carboxylic acids is 2. The van der Waals surface area contributed by atoms with Crippen molar-refractivity contribution in [1.82, 2.24) is 4.57 Å². The first kappa shape index (κ1) is 18.9. The molecule has 3 rings (SSSR count). The second-order valence-electron chi connectivity index (χ2n) is 5.91. The largest absolute Gasteiger partial charge is 0.456 e. The van der Waals surface area contributed by atoms with E-state index in [1.165, 1.54) is 4.57 Å². The molecule has 0 fully saturated rings. The van der Waals surface area contributed by atoms with Crippen LogP contribution >= 0.6 is 15.9 Å². The van der Waals surface area contributed by atoms with Gasteiger partial charge in [-0.15, -0.1) is 0 Å². The van der Waals surface area contributed by atoms with Crippen LogP contribution in [0, 0.1) is 6.92 Å². The van der Waals surface area contributed by atoms with Gasteiger partial charge in [0.1, 0.15) is 0 Å². The third-order valence-corrected chi connectivity index (χ3v) is 4.43. The fourth-order valence-electron chi connectivity index (χ4n) is 2.60. The van der Waals surface area contributed by atoms with E-state index in [-0.39, 0.29) is 13.0 Å². The van der Waals surface area contributed by atoms with Crippen LogP contribution in [0.25, 0.3) is 11.1 Å². The first-order valence-corrected chi connectivity index (χ1v) is 9.03. The number of amides is 1. The quantitative estimate of drug-likeness (QED) is 0.603. The number of fused-ring (bicyclic) bond motifs is 1. The van der Waals surface area contributed by atoms with E-state index >= 15 is 0 Å². The maximum atomic E-state index is 11.9. The first-order chi connectivity index (χ1) is 12.9. The number of aryl methyl sites for hydroxylation is 2. The summed E-state index contributed by atoms with van der Waals surface area (Å²) in [5.41, 5.74) is 2.60. The molecule has 1 amide bonds. The summed E-state index contributed by atoms with van der Waals surface area (Å²) in [5, 5.41) is 2.69. The molecule has 3 aromatic rings. The van der Waals surface area contributed by atoms with Crippen LogP contribution in [-0.2, 0) is 20.9 Å². The van der Waals surface area contributed by atoms with Gasteiger partial charge in [0, 0.05) is 16.7 Å². The van der Waals surface area contributed by atoms with E-state index in [2.05, 4.69) is 21.2 Å². The molecular formula is C19H17BrN2O5. The Morgan fingerprint density at radius 2 is 2.00 bits per heavy atom. The van der Waals surface area contributed by atoms with E-state index in [4.69, 9.17) is 9.15 Å². The van der Waals surface area contributed by atoms with Crippen molar-refractivity contribution >= 4 is 44.6 Å². The van der Waals surface area contributed by atoms with Crippen LogP contribution in [0.2, 0.25) is 0 Å². The topological polar surface area (TPSA) is 90.5 Å². The minimum Gasteiger partial charge on any atom is -0.456 e. The monoisotopic (exact) mass is 432 g/mol. The van der Waals surface area contributed by atoms with Crippen molar-refractivity contribution in [2.45, 2.75) is 19.9 Å². The average Bonchev–Trinajstić information content (AvgIpc) is 2.95. The number of benzene rings is 2. The van der Waals surface area contributed by atoms with Crippen molar-refractivity contribution in [2.75, 3.05) is 11.9 Å². The number of hydrogen-bond acceptors (Lipinski definition) is 5. The number of esters is 1. The predicted octanol–water partition coefficient (Wildman–Crippen LogP) is 3.24. The first-order valence-electron chi connectivity index (χ1n) is 8.24. The molecule has 140 valence electrons. The highest BCUT2D eigenvalue weighted by molar-refractivity contribution is 9.10. The van der Waals surface area contributed by atoms with Crippen LogP contribution in [0.5, 0.6) is 0 Å². The number of nitrogens with one attached hydrogen (secondary N) is 1. The number of oxazole rings is 1. The van der Waals surface area contributed by atoms with Crippen molar-refractivity contribution in [1.29, 1.82) is 0 Å². The van der Waals surface area contributed by atoms with Crippen LogP contribution in [0.15, 0.2) is 56.1 Å². The molecule has 0 unspecified atom stereocenters. The number of hydrogen-bond donors (Lipinski definition) is 1. The normalized spacial score (nSPS) is 10.7. The molecule has 0 aliphatic carbocycles. The summed E-state index contributed by atoms with van der Waals surface area (Å²) in [6.07, 6.45) is -0.0476. The number of halogens is 1. The van der Waals surface area contributed by atoms with Gasteiger partial charge in [0.15, 0.2) is 12.2 Å². The van der Waals surface area contributed by atoms with Crippen molar-refractivity contribution < 1.29 is 18.7 Å². The Hall–Kier alpha value is -2.87. The lowest BCUT2D eigenvalue weighted by molar-refractivity contribution is -0.147. The Morgan fingerprint density at radius 1 is 1.22 bits per heavy atom. The summed E-state index contributed by atoms with van der Waals surface area (Å²) < 4.78 is 12.4. The number of aromatic nitrogens is 1. The minimum atomic E-state index is -0.574. The molecule has 27 heavy (non-hydrogen) atoms. The summed E-state index contributed by atoms with van der Waals surface area (Å²) in [4.78, 5) is 35.7. The summed E-state index contributed by atoms with van der Waals surface area (Å²) in [6, 6.07) is 12.4. The SMILES string of the molecule is Cc1cc(Br)ccc1NC(=O)COC(=O)CCn1c(=O)oc2ccccc21. The number of carbonyl (C=O) groups is 2. The van der Waals surface area contributed by atoms with Crippen LogP contribution in [0.1, 0.15) is 12.0 Å². The fraction of sp³-hybridized carbons (Fsp3) is 0.211. The molecule has 0 radical (unpaired) electrons. The highest BCUT2D eigenvalue weighted by Gasteiger charge is 2.13. The van der Waals surface area contributed by atoms with Gasteiger partial charge in [0.2, 0.25) is 0 Å². The minimum absolute atomic E-state index is 0.0476. The molecule has 1 heterocycles. The molecule has 8 heteroatoms. The number of rotatable bonds is 6. The van der Waals surface area contributed by atoms with Gasteiger partial charge in [-0.25, -0.2) is 4.79 Å². The van der Waals surface area contributed by atoms with E-state index in [1.807, 2.05) is 19.1 Å². The molecule has 2 aromatic carbocycles. The second kappa shape index (κ2) is 8.22. The Labute approximate surface area is 163 Å². The zero-order chi connectivity index (χ0) is 19.4. The molecule has 0 bridgehead atoms. The van der Waals surface area contributed by atoms with E-state index in [9.17, 15) is 14.4 Å². The summed E-state index contributed by atoms with van der Waals surface area (Å²) in [6.45, 7) is 1.58. The van der Waals surface area contributed by atoms with Gasteiger partial charge in [0.25, 0.3) is 5.91 Å². The zero-order valence-electron chi connectivity index (χ0n) is 14.5. The summed E-state index contributed by atoms with van der Waals surface area (Å²) in [5.74, 6) is -1.54. The zero-order valence-corrected chi connectivity index (χ0v) is 16.1. The third-order valence-electron chi connectivity index (χ3n) is 3.94. The number of ether oxygens (including phenoxy) is 1. The van der Waals surface area contributed by atoms with Crippen LogP contribution in [0.3, 0.4) is 0 Å². The molecule has 1 N–H and O–H groups in total. The standard InChI is InChI=1S/C19H17BrN2O5/c1-12-10-13(20)6-7-14(12)21-17(23)11-26-18(24)8-9-22-15-4-2-3-5-16(15)27-19(22)25/h2-7,10H,8-9,11H2,1H3,(H,21,23). The van der Waals surface area contributed by atoms with Gasteiger partial charge >= 0.3 is 11.7 Å². The molecule has 0 saturated heterocycles. The third kappa shape index (κ3) is 4.65. The Kier molecular flexibility index (Phi) is 5.75. The van der Waals surface area contributed by atoms with Crippen molar-refractivity contribution in [3.05, 3.63) is 63.1 Å². The van der Waals surface area contributed by atoms with Gasteiger partial charge in [-0.05, 0) is 42.8 Å². The molecule has 0 aliphatic heterocycles. The molecule has 1 aromatic heterocycles. The molecule has 0 aliphatic rings. The molecular weight excluding hydrogens is 416 g/mol. The van der Waals surface area contributed by atoms with Crippen LogP contribution in [0.4, 0.5) is 5.69 Å². The Morgan fingerprint density at radius 3 is 2.78 bits per heavy atom. The lowest BCUT2D eigenvalue weighted by Gasteiger charge is -2.09. The number of nitrogens with zero attached hydrogens (tertiary/aromatic N) is 1. The van der Waals surface area contributed by atoms with Crippen molar-refractivity contribution in [3.8, 4) is 0 Å². The predicted molar refractivity (Wildman–Crippen MR) is 104 cm³/mol. The van der Waals surface area contributed by atoms with Crippen molar-refractivity contribution in [3.63, 3.8) is 0 Å². The van der Waals surface area contributed by atoms with Gasteiger partial charge < -0.3 is 14.5 Å². The number of para-hydroxylation sites is 2. The lowest BCUT2D eigenvalue weighted by Crippen LogP contribution is -2.23. The highest BCUT2D eigenvalue weighted by Crippen LogP contribution is 2.20. The van der Waals surface area contributed by atoms with E-state index in [0.29, 0.717) is 16.8 Å². The molecule has 0 saturated carbocycles. The summed E-state index contributed by atoms with van der Waals surface area (Å²) in [7, 11) is 0. The number of anilines is 1. The van der Waals surface area contributed by atoms with Crippen molar-refractivity contribution in [2.24, 2.45) is 0 Å². The van der Waals surface area contributed by atoms with Gasteiger partial charge in [-0.1, -0.05) is 28.1 Å². The van der Waals surface area contributed by atoms with E-state index in [1.54, 1.807) is 30.3 Å². The molecule has 0 atom stereocenters. The fourth-order valence-corrected chi connectivity index (χ4v) is 3.08. The van der Waals surface area contributed by atoms with E-state index in [0.717, 1.165) is 10.0 Å². The van der Waals surface area contributed by atoms with E-state index < -0.39 is 24.2 Å². The Balaban J connectivity index is 1.51.